The summed E-state index contributed by atoms with van der Waals surface area (Å²) >= 11 is 2.86. The van der Waals surface area contributed by atoms with Gasteiger partial charge in [0.25, 0.3) is 0 Å². The quantitative estimate of drug-likeness (QED) is 0.576. The minimum Gasteiger partial charge on any atom is -0.481 e. The van der Waals surface area contributed by atoms with Crippen molar-refractivity contribution in [2.75, 3.05) is 17.6 Å². The number of aliphatic carboxylic acids is 1. The molecule has 0 aromatic carbocycles. The number of carboxylic acids is 1. The van der Waals surface area contributed by atoms with Gasteiger partial charge in [0.05, 0.1) is 16.8 Å². The summed E-state index contributed by atoms with van der Waals surface area (Å²) < 4.78 is 0.924. The molecule has 0 spiro atoms. The molecular weight excluding hydrogens is 370 g/mol. The molecule has 6 nitrogen and oxygen atoms in total. The SMILES string of the molecule is CC(C)CCN(C(=O)Nc1ncc(SCCC(=O)O)s1)C1CCCCC1. The molecule has 1 heterocycles. The fourth-order valence-electron chi connectivity index (χ4n) is 3.03. The fourth-order valence-corrected chi connectivity index (χ4v) is 4.89. The van der Waals surface area contributed by atoms with E-state index in [1.54, 1.807) is 6.20 Å². The van der Waals surface area contributed by atoms with E-state index in [1.807, 2.05) is 4.90 Å². The average Bonchev–Trinajstić information content (AvgIpc) is 3.02. The minimum atomic E-state index is -0.802. The van der Waals surface area contributed by atoms with Gasteiger partial charge in [-0.05, 0) is 25.2 Å². The zero-order chi connectivity index (χ0) is 18.9. The summed E-state index contributed by atoms with van der Waals surface area (Å²) in [5, 5.41) is 12.2. The van der Waals surface area contributed by atoms with Gasteiger partial charge in [0, 0.05) is 18.3 Å². The Morgan fingerprint density at radius 2 is 2.12 bits per heavy atom. The first-order chi connectivity index (χ1) is 12.5. The van der Waals surface area contributed by atoms with Crippen LogP contribution >= 0.6 is 23.1 Å². The molecule has 0 bridgehead atoms. The number of nitrogens with one attached hydrogen (secondary N) is 1. The highest BCUT2D eigenvalue weighted by atomic mass is 32.2. The Hall–Kier alpha value is -1.28. The second kappa shape index (κ2) is 10.8. The third-order valence-corrected chi connectivity index (χ3v) is 6.59. The highest BCUT2D eigenvalue weighted by Gasteiger charge is 2.26. The smallest absolute Gasteiger partial charge is 0.323 e. The predicted octanol–water partition coefficient (Wildman–Crippen LogP) is 4.92. The van der Waals surface area contributed by atoms with Crippen molar-refractivity contribution in [1.82, 2.24) is 9.88 Å². The van der Waals surface area contributed by atoms with E-state index >= 15 is 0 Å². The van der Waals surface area contributed by atoms with Crippen molar-refractivity contribution in [1.29, 1.82) is 0 Å². The summed E-state index contributed by atoms with van der Waals surface area (Å²) in [5.41, 5.74) is 0. The Morgan fingerprint density at radius 1 is 1.38 bits per heavy atom. The van der Waals surface area contributed by atoms with E-state index < -0.39 is 5.97 Å². The number of rotatable bonds is 9. The second-order valence-corrected chi connectivity index (χ2v) is 9.50. The molecule has 1 saturated carbocycles. The van der Waals surface area contributed by atoms with Crippen LogP contribution in [-0.4, -0.2) is 45.3 Å². The lowest BCUT2D eigenvalue weighted by molar-refractivity contribution is -0.136. The maximum atomic E-state index is 12.8. The van der Waals surface area contributed by atoms with E-state index in [2.05, 4.69) is 24.1 Å². The maximum Gasteiger partial charge on any atom is 0.323 e. The zero-order valence-electron chi connectivity index (χ0n) is 15.6. The molecule has 1 aromatic rings. The number of amides is 2. The van der Waals surface area contributed by atoms with Crippen LogP contribution in [0.15, 0.2) is 10.4 Å². The molecular formula is C18H29N3O3S2. The number of thioether (sulfide) groups is 1. The van der Waals surface area contributed by atoms with Crippen LogP contribution in [0, 0.1) is 5.92 Å². The first kappa shape index (κ1) is 21.0. The van der Waals surface area contributed by atoms with Crippen molar-refractivity contribution in [2.24, 2.45) is 5.92 Å². The lowest BCUT2D eigenvalue weighted by atomic mass is 9.94. The van der Waals surface area contributed by atoms with E-state index in [4.69, 9.17) is 5.11 Å². The van der Waals surface area contributed by atoms with Crippen LogP contribution < -0.4 is 5.32 Å². The fraction of sp³-hybridized carbons (Fsp3) is 0.722. The Morgan fingerprint density at radius 3 is 2.77 bits per heavy atom. The largest absolute Gasteiger partial charge is 0.481 e. The Kier molecular flexibility index (Phi) is 8.71. The van der Waals surface area contributed by atoms with Crippen molar-refractivity contribution in [3.05, 3.63) is 6.20 Å². The number of aromatic nitrogens is 1. The van der Waals surface area contributed by atoms with Crippen LogP contribution in [0.4, 0.5) is 9.93 Å². The third kappa shape index (κ3) is 7.15. The molecule has 2 N–H and O–H groups in total. The number of carbonyl (C=O) groups excluding carboxylic acids is 1. The minimum absolute atomic E-state index is 0.0611. The third-order valence-electron chi connectivity index (χ3n) is 4.48. The predicted molar refractivity (Wildman–Crippen MR) is 107 cm³/mol. The molecule has 0 radical (unpaired) electrons. The number of thiazole rings is 1. The van der Waals surface area contributed by atoms with Crippen LogP contribution in [0.1, 0.15) is 58.8 Å². The van der Waals surface area contributed by atoms with E-state index in [9.17, 15) is 9.59 Å². The molecule has 2 amide bonds. The standard InChI is InChI=1S/C18H29N3O3S2/c1-13(2)8-10-21(14-6-4-3-5-7-14)18(24)20-17-19-12-16(26-17)25-11-9-15(22)23/h12-14H,3-11H2,1-2H3,(H,22,23)(H,19,20,24). The summed E-state index contributed by atoms with van der Waals surface area (Å²) in [7, 11) is 0. The topological polar surface area (TPSA) is 82.5 Å². The Labute approximate surface area is 163 Å². The molecule has 1 fully saturated rings. The van der Waals surface area contributed by atoms with Gasteiger partial charge in [-0.25, -0.2) is 9.78 Å². The van der Waals surface area contributed by atoms with Crippen molar-refractivity contribution in [3.8, 4) is 0 Å². The van der Waals surface area contributed by atoms with Crippen molar-refractivity contribution in [3.63, 3.8) is 0 Å². The molecule has 2 rings (SSSR count). The molecule has 1 aromatic heterocycles. The summed E-state index contributed by atoms with van der Waals surface area (Å²) in [6, 6.07) is 0.265. The van der Waals surface area contributed by atoms with Gasteiger partial charge in [0.15, 0.2) is 5.13 Å². The summed E-state index contributed by atoms with van der Waals surface area (Å²) in [6.07, 6.45) is 8.63. The van der Waals surface area contributed by atoms with E-state index in [-0.39, 0.29) is 12.5 Å². The second-order valence-electron chi connectivity index (χ2n) is 7.07. The molecule has 1 aliphatic carbocycles. The molecule has 0 atom stereocenters. The first-order valence-electron chi connectivity index (χ1n) is 9.33. The van der Waals surface area contributed by atoms with Crippen molar-refractivity contribution in [2.45, 2.75) is 69.0 Å². The average molecular weight is 400 g/mol. The number of hydrogen-bond donors (Lipinski definition) is 2. The van der Waals surface area contributed by atoms with Gasteiger partial charge < -0.3 is 10.0 Å². The molecule has 0 aliphatic heterocycles. The van der Waals surface area contributed by atoms with Crippen LogP contribution in [0.3, 0.4) is 0 Å². The monoisotopic (exact) mass is 399 g/mol. The number of carbonyl (C=O) groups is 2. The van der Waals surface area contributed by atoms with Gasteiger partial charge in [0.2, 0.25) is 0 Å². The van der Waals surface area contributed by atoms with Crippen molar-refractivity contribution >= 4 is 40.2 Å². The van der Waals surface area contributed by atoms with E-state index in [1.165, 1.54) is 42.4 Å². The number of nitrogens with zero attached hydrogens (tertiary/aromatic N) is 2. The van der Waals surface area contributed by atoms with Crippen LogP contribution in [0.25, 0.3) is 0 Å². The van der Waals surface area contributed by atoms with Gasteiger partial charge in [-0.1, -0.05) is 44.4 Å². The van der Waals surface area contributed by atoms with Crippen LogP contribution in [-0.2, 0) is 4.79 Å². The normalized spacial score (nSPS) is 15.2. The first-order valence-corrected chi connectivity index (χ1v) is 11.1. The van der Waals surface area contributed by atoms with Gasteiger partial charge in [-0.15, -0.1) is 11.8 Å². The van der Waals surface area contributed by atoms with Gasteiger partial charge in [-0.2, -0.15) is 0 Å². The Bertz CT molecular complexity index is 586. The summed E-state index contributed by atoms with van der Waals surface area (Å²) in [5.74, 6) is 0.267. The Balaban J connectivity index is 1.92. The van der Waals surface area contributed by atoms with Crippen molar-refractivity contribution < 1.29 is 14.7 Å². The number of hydrogen-bond acceptors (Lipinski definition) is 5. The van der Waals surface area contributed by atoms with E-state index in [0.717, 1.165) is 30.0 Å². The molecule has 26 heavy (non-hydrogen) atoms. The van der Waals surface area contributed by atoms with E-state index in [0.29, 0.717) is 22.8 Å². The van der Waals surface area contributed by atoms with Crippen LogP contribution in [0.2, 0.25) is 0 Å². The number of urea groups is 1. The highest BCUT2D eigenvalue weighted by Crippen LogP contribution is 2.29. The highest BCUT2D eigenvalue weighted by molar-refractivity contribution is 8.01. The molecule has 0 unspecified atom stereocenters. The number of carboxylic acid groups (broad SMARTS) is 1. The van der Waals surface area contributed by atoms with Crippen LogP contribution in [0.5, 0.6) is 0 Å². The molecule has 0 saturated heterocycles. The molecule has 8 heteroatoms. The van der Waals surface area contributed by atoms with Gasteiger partial charge >= 0.3 is 12.0 Å². The van der Waals surface area contributed by atoms with Gasteiger partial charge in [0.1, 0.15) is 0 Å². The number of anilines is 1. The van der Waals surface area contributed by atoms with Gasteiger partial charge in [-0.3, -0.25) is 10.1 Å². The lowest BCUT2D eigenvalue weighted by Crippen LogP contribution is -2.44. The summed E-state index contributed by atoms with van der Waals surface area (Å²) in [4.78, 5) is 29.7. The zero-order valence-corrected chi connectivity index (χ0v) is 17.2. The lowest BCUT2D eigenvalue weighted by Gasteiger charge is -2.34. The molecule has 1 aliphatic rings. The molecule has 146 valence electrons. The maximum absolute atomic E-state index is 12.8. The summed E-state index contributed by atoms with van der Waals surface area (Å²) in [6.45, 7) is 5.14.